The Kier molecular flexibility index (Phi) is 5.06. The Labute approximate surface area is 102 Å². The van der Waals surface area contributed by atoms with Gasteiger partial charge < -0.3 is 5.32 Å². The first-order valence-corrected chi connectivity index (χ1v) is 6.69. The third kappa shape index (κ3) is 3.37. The van der Waals surface area contributed by atoms with Crippen LogP contribution in [0.1, 0.15) is 46.1 Å². The molecule has 1 aromatic heterocycles. The van der Waals surface area contributed by atoms with Crippen LogP contribution < -0.4 is 5.32 Å². The Hall–Kier alpha value is -0.770. The number of nitrogens with zero attached hydrogens (tertiary/aromatic N) is 2. The lowest BCUT2D eigenvalue weighted by atomic mass is 10.1. The number of aromatic nitrogens is 2. The van der Waals surface area contributed by atoms with Crippen molar-refractivity contribution in [1.29, 1.82) is 0 Å². The monoisotopic (exact) mass is 239 g/mol. The van der Waals surface area contributed by atoms with Crippen LogP contribution in [0.3, 0.4) is 0 Å². The molecular formula is C12H21N3S. The number of hydrogen-bond donors (Lipinski definition) is 1. The average molecular weight is 239 g/mol. The quantitative estimate of drug-likeness (QED) is 0.630. The Morgan fingerprint density at radius 3 is 2.44 bits per heavy atom. The van der Waals surface area contributed by atoms with Gasteiger partial charge in [0.05, 0.1) is 0 Å². The molecule has 0 fully saturated rings. The summed E-state index contributed by atoms with van der Waals surface area (Å²) in [7, 11) is 0. The van der Waals surface area contributed by atoms with Crippen LogP contribution in [0.25, 0.3) is 0 Å². The van der Waals surface area contributed by atoms with Crippen LogP contribution in [0.5, 0.6) is 0 Å². The normalized spacial score (nSPS) is 11.2. The zero-order chi connectivity index (χ0) is 12.1. The van der Waals surface area contributed by atoms with Gasteiger partial charge in [-0.2, -0.15) is 0 Å². The van der Waals surface area contributed by atoms with Gasteiger partial charge in [0.25, 0.3) is 0 Å². The van der Waals surface area contributed by atoms with Crippen molar-refractivity contribution in [2.75, 3.05) is 11.9 Å². The number of hydrogen-bond acceptors (Lipinski definition) is 4. The van der Waals surface area contributed by atoms with Crippen LogP contribution in [0, 0.1) is 0 Å². The van der Waals surface area contributed by atoms with Crippen molar-refractivity contribution >= 4 is 17.6 Å². The molecular weight excluding hydrogens is 218 g/mol. The van der Waals surface area contributed by atoms with E-state index in [1.54, 1.807) is 18.1 Å². The van der Waals surface area contributed by atoms with Gasteiger partial charge in [0.2, 0.25) is 0 Å². The van der Waals surface area contributed by atoms with Gasteiger partial charge in [-0.3, -0.25) is 0 Å². The summed E-state index contributed by atoms with van der Waals surface area (Å²) in [6, 6.07) is 0. The van der Waals surface area contributed by atoms with Gasteiger partial charge in [-0.1, -0.05) is 27.7 Å². The summed E-state index contributed by atoms with van der Waals surface area (Å²) < 4.78 is 0. The minimum absolute atomic E-state index is 0.441. The van der Waals surface area contributed by atoms with Crippen molar-refractivity contribution in [3.8, 4) is 0 Å². The van der Waals surface area contributed by atoms with E-state index in [9.17, 15) is 0 Å². The summed E-state index contributed by atoms with van der Waals surface area (Å²) in [4.78, 5) is 8.72. The Morgan fingerprint density at radius 1 is 1.25 bits per heavy atom. The highest BCUT2D eigenvalue weighted by atomic mass is 32.2. The van der Waals surface area contributed by atoms with E-state index < -0.39 is 0 Å². The van der Waals surface area contributed by atoms with E-state index in [4.69, 9.17) is 0 Å². The molecule has 1 heterocycles. The van der Waals surface area contributed by atoms with E-state index >= 15 is 0 Å². The van der Waals surface area contributed by atoms with Crippen molar-refractivity contribution in [3.63, 3.8) is 0 Å². The zero-order valence-corrected chi connectivity index (χ0v) is 11.6. The van der Waals surface area contributed by atoms with Crippen molar-refractivity contribution in [2.24, 2.45) is 0 Å². The second kappa shape index (κ2) is 6.09. The van der Waals surface area contributed by atoms with Crippen molar-refractivity contribution in [3.05, 3.63) is 11.9 Å². The third-order valence-electron chi connectivity index (χ3n) is 2.12. The maximum atomic E-state index is 4.39. The minimum Gasteiger partial charge on any atom is -0.370 e. The fourth-order valence-electron chi connectivity index (χ4n) is 1.53. The van der Waals surface area contributed by atoms with Gasteiger partial charge >= 0.3 is 0 Å². The van der Waals surface area contributed by atoms with E-state index in [1.165, 1.54) is 5.56 Å². The van der Waals surface area contributed by atoms with Gasteiger partial charge in [-0.25, -0.2) is 9.97 Å². The fraction of sp³-hybridized carbons (Fsp3) is 0.667. The lowest BCUT2D eigenvalue weighted by Crippen LogP contribution is -2.08. The summed E-state index contributed by atoms with van der Waals surface area (Å²) in [5.74, 6) is 1.42. The van der Waals surface area contributed by atoms with Gasteiger partial charge in [-0.05, 0) is 12.8 Å². The number of thioether (sulfide) groups is 1. The molecule has 1 aromatic rings. The molecule has 3 nitrogen and oxygen atoms in total. The first-order chi connectivity index (χ1) is 7.56. The lowest BCUT2D eigenvalue weighted by Gasteiger charge is -2.16. The van der Waals surface area contributed by atoms with Gasteiger partial charge in [0.15, 0.2) is 0 Å². The molecule has 0 radical (unpaired) electrons. The van der Waals surface area contributed by atoms with Gasteiger partial charge in [0.1, 0.15) is 17.2 Å². The van der Waals surface area contributed by atoms with Crippen LogP contribution in [0.4, 0.5) is 5.82 Å². The maximum Gasteiger partial charge on any atom is 0.133 e. The molecule has 0 bridgehead atoms. The Morgan fingerprint density at radius 2 is 1.94 bits per heavy atom. The lowest BCUT2D eigenvalue weighted by molar-refractivity contribution is 0.802. The molecule has 0 aromatic carbocycles. The Bertz CT molecular complexity index is 337. The standard InChI is InChI=1S/C12H21N3S/c1-6-13-11-10(8(2)3)12(15-7-14-11)16-9(4)5/h7-9H,6H2,1-5H3,(H,13,14,15). The number of anilines is 1. The molecule has 0 amide bonds. The van der Waals surface area contributed by atoms with Crippen LogP contribution in [0.15, 0.2) is 11.4 Å². The number of rotatable bonds is 5. The molecule has 1 rings (SSSR count). The number of nitrogens with one attached hydrogen (secondary N) is 1. The van der Waals surface area contributed by atoms with Crippen LogP contribution >= 0.6 is 11.8 Å². The molecule has 0 aliphatic heterocycles. The van der Waals surface area contributed by atoms with Crippen molar-refractivity contribution in [2.45, 2.75) is 50.8 Å². The summed E-state index contributed by atoms with van der Waals surface area (Å²) in [5, 5.41) is 4.96. The predicted octanol–water partition coefficient (Wildman–Crippen LogP) is 3.53. The average Bonchev–Trinajstić information content (AvgIpc) is 2.16. The van der Waals surface area contributed by atoms with E-state index in [-0.39, 0.29) is 0 Å². The second-order valence-electron chi connectivity index (χ2n) is 4.29. The molecule has 0 aliphatic carbocycles. The zero-order valence-electron chi connectivity index (χ0n) is 10.7. The highest BCUT2D eigenvalue weighted by Crippen LogP contribution is 2.33. The SMILES string of the molecule is CCNc1ncnc(SC(C)C)c1C(C)C. The van der Waals surface area contributed by atoms with Crippen LogP contribution in [-0.2, 0) is 0 Å². The molecule has 0 spiro atoms. The molecule has 0 saturated heterocycles. The summed E-state index contributed by atoms with van der Waals surface area (Å²) in [5.41, 5.74) is 1.24. The van der Waals surface area contributed by atoms with E-state index in [1.807, 2.05) is 0 Å². The van der Waals surface area contributed by atoms with Gasteiger partial charge in [0, 0.05) is 17.4 Å². The topological polar surface area (TPSA) is 37.8 Å². The largest absolute Gasteiger partial charge is 0.370 e. The first kappa shape index (κ1) is 13.3. The molecule has 0 aliphatic rings. The molecule has 90 valence electrons. The van der Waals surface area contributed by atoms with Crippen LogP contribution in [-0.4, -0.2) is 21.8 Å². The minimum atomic E-state index is 0.441. The van der Waals surface area contributed by atoms with E-state index in [2.05, 4.69) is 49.9 Å². The predicted molar refractivity (Wildman–Crippen MR) is 71.3 cm³/mol. The van der Waals surface area contributed by atoms with E-state index in [0.29, 0.717) is 11.2 Å². The first-order valence-electron chi connectivity index (χ1n) is 5.81. The molecule has 0 atom stereocenters. The van der Waals surface area contributed by atoms with Crippen LogP contribution in [0.2, 0.25) is 0 Å². The molecule has 16 heavy (non-hydrogen) atoms. The molecule has 0 unspecified atom stereocenters. The van der Waals surface area contributed by atoms with E-state index in [0.717, 1.165) is 17.4 Å². The smallest absolute Gasteiger partial charge is 0.133 e. The summed E-state index contributed by atoms with van der Waals surface area (Å²) in [6.45, 7) is 11.7. The highest BCUT2D eigenvalue weighted by molar-refractivity contribution is 7.99. The summed E-state index contributed by atoms with van der Waals surface area (Å²) in [6.07, 6.45) is 1.65. The summed E-state index contributed by atoms with van der Waals surface area (Å²) >= 11 is 1.80. The maximum absolute atomic E-state index is 4.39. The third-order valence-corrected chi connectivity index (χ3v) is 3.14. The second-order valence-corrected chi connectivity index (χ2v) is 5.86. The fourth-order valence-corrected chi connectivity index (χ4v) is 2.54. The Balaban J connectivity index is 3.10. The van der Waals surface area contributed by atoms with Gasteiger partial charge in [-0.15, -0.1) is 11.8 Å². The highest BCUT2D eigenvalue weighted by Gasteiger charge is 2.15. The molecule has 0 saturated carbocycles. The van der Waals surface area contributed by atoms with Crippen molar-refractivity contribution in [1.82, 2.24) is 9.97 Å². The molecule has 4 heteroatoms. The van der Waals surface area contributed by atoms with Crippen molar-refractivity contribution < 1.29 is 0 Å². The molecule has 1 N–H and O–H groups in total.